The first-order valence-electron chi connectivity index (χ1n) is 7.09. The van der Waals surface area contributed by atoms with E-state index in [1.54, 1.807) is 18.3 Å². The molecular weight excluding hydrogens is 299 g/mol. The zero-order chi connectivity index (χ0) is 15.5. The molecule has 2 nitrogen and oxygen atoms in total. The molecular formula is C18H16ClFN2. The van der Waals surface area contributed by atoms with Gasteiger partial charge in [0.1, 0.15) is 5.82 Å². The molecule has 22 heavy (non-hydrogen) atoms. The van der Waals surface area contributed by atoms with Gasteiger partial charge >= 0.3 is 0 Å². The van der Waals surface area contributed by atoms with E-state index in [-0.39, 0.29) is 5.82 Å². The van der Waals surface area contributed by atoms with Gasteiger partial charge in [0.05, 0.1) is 5.52 Å². The lowest BCUT2D eigenvalue weighted by Crippen LogP contribution is -2.18. The first-order valence-corrected chi connectivity index (χ1v) is 7.47. The summed E-state index contributed by atoms with van der Waals surface area (Å²) < 4.78 is 13.9. The lowest BCUT2D eigenvalue weighted by molar-refractivity contribution is 0.314. The zero-order valence-corrected chi connectivity index (χ0v) is 13.0. The normalized spacial score (nSPS) is 11.3. The summed E-state index contributed by atoms with van der Waals surface area (Å²) in [5.74, 6) is -0.268. The number of rotatable bonds is 4. The summed E-state index contributed by atoms with van der Waals surface area (Å²) in [6, 6.07) is 14.9. The number of halogens is 2. The minimum Gasteiger partial charge on any atom is -0.298 e. The Hall–Kier alpha value is -1.97. The highest BCUT2D eigenvalue weighted by atomic mass is 35.5. The third kappa shape index (κ3) is 3.11. The Morgan fingerprint density at radius 2 is 1.82 bits per heavy atom. The van der Waals surface area contributed by atoms with E-state index in [9.17, 15) is 4.39 Å². The number of para-hydroxylation sites is 1. The second kappa shape index (κ2) is 6.42. The van der Waals surface area contributed by atoms with E-state index in [2.05, 4.69) is 11.1 Å². The van der Waals surface area contributed by atoms with Crippen LogP contribution >= 0.6 is 11.6 Å². The third-order valence-corrected chi connectivity index (χ3v) is 4.00. The number of benzene rings is 2. The van der Waals surface area contributed by atoms with Crippen LogP contribution in [0.2, 0.25) is 5.02 Å². The minimum atomic E-state index is -0.268. The predicted octanol–water partition coefficient (Wildman–Crippen LogP) is 4.66. The highest BCUT2D eigenvalue weighted by Gasteiger charge is 2.11. The van der Waals surface area contributed by atoms with Gasteiger partial charge in [0.2, 0.25) is 0 Å². The zero-order valence-electron chi connectivity index (χ0n) is 12.3. The summed E-state index contributed by atoms with van der Waals surface area (Å²) >= 11 is 6.09. The molecule has 112 valence electrons. The smallest absolute Gasteiger partial charge is 0.129 e. The molecule has 0 amide bonds. The highest BCUT2D eigenvalue weighted by molar-refractivity contribution is 6.31. The van der Waals surface area contributed by atoms with Crippen molar-refractivity contribution in [1.29, 1.82) is 0 Å². The lowest BCUT2D eigenvalue weighted by atomic mass is 10.1. The molecule has 3 rings (SSSR count). The maximum Gasteiger partial charge on any atom is 0.129 e. The number of aromatic nitrogens is 1. The molecule has 0 radical (unpaired) electrons. The molecule has 0 aliphatic rings. The van der Waals surface area contributed by atoms with Crippen LogP contribution in [0.25, 0.3) is 10.9 Å². The van der Waals surface area contributed by atoms with Crippen LogP contribution in [-0.2, 0) is 13.1 Å². The van der Waals surface area contributed by atoms with Gasteiger partial charge in [0.25, 0.3) is 0 Å². The number of nitrogens with zero attached hydrogens (tertiary/aromatic N) is 2. The molecule has 0 saturated heterocycles. The summed E-state index contributed by atoms with van der Waals surface area (Å²) in [7, 11) is 1.95. The minimum absolute atomic E-state index is 0.268. The van der Waals surface area contributed by atoms with E-state index in [1.807, 2.05) is 36.2 Å². The van der Waals surface area contributed by atoms with Gasteiger partial charge in [0, 0.05) is 35.3 Å². The summed E-state index contributed by atoms with van der Waals surface area (Å²) in [6.07, 6.45) is 1.79. The van der Waals surface area contributed by atoms with Crippen LogP contribution in [0.4, 0.5) is 4.39 Å². The van der Waals surface area contributed by atoms with Gasteiger partial charge in [-0.25, -0.2) is 4.39 Å². The molecule has 0 saturated carbocycles. The van der Waals surface area contributed by atoms with E-state index < -0.39 is 0 Å². The molecule has 0 fully saturated rings. The fourth-order valence-electron chi connectivity index (χ4n) is 2.59. The van der Waals surface area contributed by atoms with Gasteiger partial charge in [-0.3, -0.25) is 9.88 Å². The van der Waals surface area contributed by atoms with Gasteiger partial charge in [-0.05, 0) is 30.8 Å². The summed E-state index contributed by atoms with van der Waals surface area (Å²) in [4.78, 5) is 6.49. The summed E-state index contributed by atoms with van der Waals surface area (Å²) in [6.45, 7) is 1.13. The van der Waals surface area contributed by atoms with Crippen molar-refractivity contribution in [2.75, 3.05) is 7.05 Å². The van der Waals surface area contributed by atoms with Crippen molar-refractivity contribution in [2.45, 2.75) is 13.1 Å². The van der Waals surface area contributed by atoms with Crippen LogP contribution in [0.3, 0.4) is 0 Å². The van der Waals surface area contributed by atoms with Crippen molar-refractivity contribution in [3.05, 3.63) is 76.7 Å². The monoisotopic (exact) mass is 314 g/mol. The van der Waals surface area contributed by atoms with Gasteiger partial charge in [0.15, 0.2) is 0 Å². The van der Waals surface area contributed by atoms with E-state index in [1.165, 1.54) is 6.07 Å². The molecule has 0 spiro atoms. The first kappa shape index (κ1) is 14.9. The van der Waals surface area contributed by atoms with Crippen LogP contribution in [0.1, 0.15) is 11.1 Å². The van der Waals surface area contributed by atoms with Crippen LogP contribution < -0.4 is 0 Å². The van der Waals surface area contributed by atoms with E-state index >= 15 is 0 Å². The SMILES string of the molecule is CN(Cc1c(F)cccc1Cl)Cc1cccc2cccnc12. The molecule has 0 atom stereocenters. The van der Waals surface area contributed by atoms with Crippen LogP contribution in [0.5, 0.6) is 0 Å². The van der Waals surface area contributed by atoms with Crippen LogP contribution in [0.15, 0.2) is 54.7 Å². The molecule has 1 heterocycles. The van der Waals surface area contributed by atoms with E-state index in [0.29, 0.717) is 23.7 Å². The fourth-order valence-corrected chi connectivity index (χ4v) is 2.82. The second-order valence-electron chi connectivity index (χ2n) is 5.36. The molecule has 0 unspecified atom stereocenters. The topological polar surface area (TPSA) is 16.1 Å². The average Bonchev–Trinajstić information content (AvgIpc) is 2.51. The molecule has 3 aromatic rings. The van der Waals surface area contributed by atoms with Gasteiger partial charge in [-0.2, -0.15) is 0 Å². The van der Waals surface area contributed by atoms with Crippen molar-refractivity contribution in [3.8, 4) is 0 Å². The van der Waals surface area contributed by atoms with Crippen molar-refractivity contribution in [3.63, 3.8) is 0 Å². The fraction of sp³-hybridized carbons (Fsp3) is 0.167. The molecule has 0 N–H and O–H groups in total. The van der Waals surface area contributed by atoms with Crippen LogP contribution in [0, 0.1) is 5.82 Å². The number of hydrogen-bond acceptors (Lipinski definition) is 2. The van der Waals surface area contributed by atoms with E-state index in [0.717, 1.165) is 16.5 Å². The average molecular weight is 315 g/mol. The molecule has 0 aliphatic carbocycles. The Morgan fingerprint density at radius 1 is 1.05 bits per heavy atom. The lowest BCUT2D eigenvalue weighted by Gasteiger charge is -2.18. The van der Waals surface area contributed by atoms with Gasteiger partial charge in [-0.1, -0.05) is 41.9 Å². The highest BCUT2D eigenvalue weighted by Crippen LogP contribution is 2.22. The molecule has 2 aromatic carbocycles. The molecule has 1 aromatic heterocycles. The molecule has 0 aliphatic heterocycles. The molecule has 4 heteroatoms. The van der Waals surface area contributed by atoms with Gasteiger partial charge in [-0.15, -0.1) is 0 Å². The Labute approximate surface area is 134 Å². The second-order valence-corrected chi connectivity index (χ2v) is 5.77. The Balaban J connectivity index is 1.83. The standard InChI is InChI=1S/C18H16ClFN2/c1-22(12-15-16(19)8-3-9-17(15)20)11-14-6-2-5-13-7-4-10-21-18(13)14/h2-10H,11-12H2,1H3. The van der Waals surface area contributed by atoms with Crippen molar-refractivity contribution in [1.82, 2.24) is 9.88 Å². The van der Waals surface area contributed by atoms with Crippen molar-refractivity contribution >= 4 is 22.5 Å². The number of hydrogen-bond donors (Lipinski definition) is 0. The Bertz CT molecular complexity index is 778. The molecule has 0 bridgehead atoms. The van der Waals surface area contributed by atoms with E-state index in [4.69, 9.17) is 11.6 Å². The Kier molecular flexibility index (Phi) is 4.36. The Morgan fingerprint density at radius 3 is 2.64 bits per heavy atom. The maximum atomic E-state index is 13.9. The van der Waals surface area contributed by atoms with Crippen molar-refractivity contribution in [2.24, 2.45) is 0 Å². The summed E-state index contributed by atoms with van der Waals surface area (Å²) in [5, 5.41) is 1.57. The maximum absolute atomic E-state index is 13.9. The number of pyridine rings is 1. The number of fused-ring (bicyclic) bond motifs is 1. The predicted molar refractivity (Wildman–Crippen MR) is 88.3 cm³/mol. The largest absolute Gasteiger partial charge is 0.298 e. The quantitative estimate of drug-likeness (QED) is 0.696. The van der Waals surface area contributed by atoms with Crippen LogP contribution in [-0.4, -0.2) is 16.9 Å². The summed E-state index contributed by atoms with van der Waals surface area (Å²) in [5.41, 5.74) is 2.63. The first-order chi connectivity index (χ1) is 10.6. The third-order valence-electron chi connectivity index (χ3n) is 3.65. The van der Waals surface area contributed by atoms with Gasteiger partial charge < -0.3 is 0 Å². The van der Waals surface area contributed by atoms with Crippen molar-refractivity contribution < 1.29 is 4.39 Å².